The number of hydrogen-bond acceptors (Lipinski definition) is 0. The molecule has 0 aliphatic heterocycles. The quantitative estimate of drug-likeness (QED) is 0.281. The molecule has 0 saturated heterocycles. The van der Waals surface area contributed by atoms with E-state index in [9.17, 15) is 0 Å². The SMILES string of the molecule is CC1C=C([Si](C)(C)C)C=[C]1[Zr+2](=[CH]Cc1ccccc1)[c]1cc(C(C)(C)C)cc2c1Cc1ccc(C(C)(C)C)cc1-2.[Cl-].[Cl-]. The van der Waals surface area contributed by atoms with Gasteiger partial charge in [0.2, 0.25) is 0 Å². The van der Waals surface area contributed by atoms with Gasteiger partial charge in [0.1, 0.15) is 0 Å². The fourth-order valence-corrected chi connectivity index (χ4v) is 15.1. The number of fused-ring (bicyclic) bond motifs is 3. The second-order valence-electron chi connectivity index (χ2n) is 15.2. The summed E-state index contributed by atoms with van der Waals surface area (Å²) in [7, 11) is -1.38. The van der Waals surface area contributed by atoms with Crippen molar-refractivity contribution in [1.29, 1.82) is 0 Å². The summed E-state index contributed by atoms with van der Waals surface area (Å²) in [5, 5.41) is 1.66. The van der Waals surface area contributed by atoms with Gasteiger partial charge < -0.3 is 24.8 Å². The van der Waals surface area contributed by atoms with Crippen LogP contribution in [0.4, 0.5) is 0 Å². The topological polar surface area (TPSA) is 0 Å². The van der Waals surface area contributed by atoms with E-state index >= 15 is 0 Å². The molecule has 222 valence electrons. The first-order valence-corrected chi connectivity index (χ1v) is 22.5. The van der Waals surface area contributed by atoms with E-state index in [1.165, 1.54) is 33.4 Å². The summed E-state index contributed by atoms with van der Waals surface area (Å²) in [4.78, 5) is 0. The molecular weight excluding hydrogens is 647 g/mol. The van der Waals surface area contributed by atoms with Gasteiger partial charge in [-0.3, -0.25) is 0 Å². The van der Waals surface area contributed by atoms with Gasteiger partial charge in [-0.05, 0) is 0 Å². The van der Waals surface area contributed by atoms with E-state index in [1.807, 2.05) is 0 Å². The Labute approximate surface area is 277 Å². The number of allylic oxidation sites excluding steroid dienone is 4. The molecule has 1 unspecified atom stereocenters. The van der Waals surface area contributed by atoms with E-state index in [0.717, 1.165) is 12.8 Å². The summed E-state index contributed by atoms with van der Waals surface area (Å²) in [6.07, 6.45) is 7.45. The van der Waals surface area contributed by atoms with Gasteiger partial charge in [-0.2, -0.15) is 0 Å². The normalized spacial score (nSPS) is 16.2. The predicted octanol–water partition coefficient (Wildman–Crippen LogP) is 3.49. The third-order valence-corrected chi connectivity index (χ3v) is 17.9. The van der Waals surface area contributed by atoms with Crippen molar-refractivity contribution in [2.45, 2.75) is 91.8 Å². The van der Waals surface area contributed by atoms with Crippen molar-refractivity contribution in [3.8, 4) is 11.1 Å². The molecule has 42 heavy (non-hydrogen) atoms. The maximum absolute atomic E-state index is 2.81. The molecule has 3 aromatic rings. The van der Waals surface area contributed by atoms with Gasteiger partial charge in [0.15, 0.2) is 0 Å². The van der Waals surface area contributed by atoms with Crippen LogP contribution in [0.15, 0.2) is 81.3 Å². The van der Waals surface area contributed by atoms with E-state index in [2.05, 4.69) is 145 Å². The van der Waals surface area contributed by atoms with Crippen LogP contribution in [0.2, 0.25) is 19.6 Å². The molecule has 0 amide bonds. The van der Waals surface area contributed by atoms with E-state index < -0.39 is 29.3 Å². The molecule has 5 rings (SSSR count). The molecule has 0 saturated carbocycles. The number of halogens is 2. The summed E-state index contributed by atoms with van der Waals surface area (Å²) >= 11 is -2.39. The molecule has 0 spiro atoms. The first kappa shape index (κ1) is 35.2. The Morgan fingerprint density at radius 1 is 0.810 bits per heavy atom. The van der Waals surface area contributed by atoms with Crippen molar-refractivity contribution in [3.05, 3.63) is 109 Å². The molecule has 4 heteroatoms. The predicted molar refractivity (Wildman–Crippen MR) is 177 cm³/mol. The van der Waals surface area contributed by atoms with Gasteiger partial charge in [0.05, 0.1) is 0 Å². The zero-order chi connectivity index (χ0) is 29.0. The smallest absolute Gasteiger partial charge is 1.00 e. The van der Waals surface area contributed by atoms with Crippen LogP contribution >= 0.6 is 0 Å². The summed E-state index contributed by atoms with van der Waals surface area (Å²) in [6, 6.07) is 23.6. The van der Waals surface area contributed by atoms with Crippen LogP contribution in [0.5, 0.6) is 0 Å². The van der Waals surface area contributed by atoms with E-state index in [0.29, 0.717) is 5.92 Å². The molecule has 0 N–H and O–H groups in total. The average Bonchev–Trinajstić information content (AvgIpc) is 3.44. The largest absolute Gasteiger partial charge is 1.00 e. The Morgan fingerprint density at radius 3 is 2.00 bits per heavy atom. The van der Waals surface area contributed by atoms with Gasteiger partial charge in [-0.25, -0.2) is 0 Å². The molecule has 0 aromatic heterocycles. The zero-order valence-corrected chi connectivity index (χ0v) is 32.2. The van der Waals surface area contributed by atoms with Gasteiger partial charge >= 0.3 is 254 Å². The molecule has 0 bridgehead atoms. The van der Waals surface area contributed by atoms with Crippen molar-refractivity contribution in [3.63, 3.8) is 0 Å². The van der Waals surface area contributed by atoms with Crippen molar-refractivity contribution < 1.29 is 46.1 Å². The fraction of sp³-hybridized carbons (Fsp3) is 0.395. The monoisotopic (exact) mass is 692 g/mol. The first-order valence-electron chi connectivity index (χ1n) is 15.1. The van der Waals surface area contributed by atoms with Crippen LogP contribution in [-0.2, 0) is 44.9 Å². The van der Waals surface area contributed by atoms with Gasteiger partial charge in [-0.1, -0.05) is 0 Å². The summed E-state index contributed by atoms with van der Waals surface area (Å²) in [5.74, 6) is 0.549. The van der Waals surface area contributed by atoms with E-state index in [-0.39, 0.29) is 35.6 Å². The fourth-order valence-electron chi connectivity index (χ4n) is 6.13. The third-order valence-electron chi connectivity index (χ3n) is 8.83. The van der Waals surface area contributed by atoms with Crippen molar-refractivity contribution in [2.24, 2.45) is 5.92 Å². The molecule has 2 aliphatic carbocycles. The molecule has 0 nitrogen and oxygen atoms in total. The third kappa shape index (κ3) is 7.31. The molecule has 0 radical (unpaired) electrons. The molecule has 0 fully saturated rings. The summed E-state index contributed by atoms with van der Waals surface area (Å²) in [5.41, 5.74) is 10.8. The molecule has 1 atom stereocenters. The summed E-state index contributed by atoms with van der Waals surface area (Å²) < 4.78 is 6.31. The number of rotatable bonds is 5. The van der Waals surface area contributed by atoms with Crippen LogP contribution in [0, 0.1) is 5.92 Å². The number of hydrogen-bond donors (Lipinski definition) is 0. The minimum Gasteiger partial charge on any atom is -1.00 e. The average molecular weight is 695 g/mol. The van der Waals surface area contributed by atoms with Crippen LogP contribution < -0.4 is 28.1 Å². The molecular formula is C38H48Cl2SiZr. The maximum Gasteiger partial charge on any atom is -1.00 e. The Bertz CT molecular complexity index is 1540. The second-order valence-corrected chi connectivity index (χ2v) is 26.0. The van der Waals surface area contributed by atoms with Crippen LogP contribution in [0.1, 0.15) is 76.3 Å². The molecule has 3 aromatic carbocycles. The molecule has 2 aliphatic rings. The number of benzene rings is 3. The van der Waals surface area contributed by atoms with Crippen molar-refractivity contribution in [2.75, 3.05) is 0 Å². The van der Waals surface area contributed by atoms with Crippen molar-refractivity contribution >= 4 is 15.1 Å². The van der Waals surface area contributed by atoms with E-state index in [1.54, 1.807) is 17.3 Å². The van der Waals surface area contributed by atoms with E-state index in [4.69, 9.17) is 0 Å². The van der Waals surface area contributed by atoms with Gasteiger partial charge in [-0.15, -0.1) is 0 Å². The van der Waals surface area contributed by atoms with Gasteiger partial charge in [0, 0.05) is 0 Å². The standard InChI is InChI=1S/C21H25.C9H15Si.C8H8.2ClH.Zr/c1-20(2,3)16-9-7-14-11-15-8-10-17(21(4,5)6)13-19(15)18(14)12-16;1-8-5-6-9(7-8)10(2,3)4;1-2-8-6-4-3-5-7-8;;;/h7,9-10,12-13H,11H2,1-6H3;6-8H,1-4H3;1,3-7H,2H2;2*1H;/q;;;;;+2/p-2. The maximum atomic E-state index is 2.81. The Kier molecular flexibility index (Phi) is 10.9. The van der Waals surface area contributed by atoms with Crippen LogP contribution in [0.3, 0.4) is 0 Å². The minimum atomic E-state index is -2.39. The minimum absolute atomic E-state index is 0. The van der Waals surface area contributed by atoms with Gasteiger partial charge in [0.25, 0.3) is 0 Å². The first-order chi connectivity index (χ1) is 18.6. The van der Waals surface area contributed by atoms with Crippen molar-refractivity contribution in [1.82, 2.24) is 0 Å². The van der Waals surface area contributed by atoms with Crippen LogP contribution in [-0.4, -0.2) is 11.8 Å². The molecule has 0 heterocycles. The van der Waals surface area contributed by atoms with Crippen LogP contribution in [0.25, 0.3) is 11.1 Å². The Hall–Kier alpha value is -1.31. The second kappa shape index (κ2) is 13.0. The zero-order valence-electron chi connectivity index (χ0n) is 27.3. The Morgan fingerprint density at radius 2 is 1.43 bits per heavy atom. The Balaban J connectivity index is 0.00000242. The summed E-state index contributed by atoms with van der Waals surface area (Å²) in [6.45, 7) is 24.1.